The second-order valence-electron chi connectivity index (χ2n) is 5.50. The maximum absolute atomic E-state index is 13.1. The Labute approximate surface area is 133 Å². The third kappa shape index (κ3) is 3.75. The first-order valence-corrected chi connectivity index (χ1v) is 8.31. The minimum absolute atomic E-state index is 0.0174. The Kier molecular flexibility index (Phi) is 4.90. The minimum Gasteiger partial charge on any atom is -0.493 e. The molecule has 0 aliphatic carbocycles. The molecule has 1 unspecified atom stereocenters. The predicted molar refractivity (Wildman–Crippen MR) is 84.9 cm³/mol. The Morgan fingerprint density at radius 1 is 1.45 bits per heavy atom. The fraction of sp³-hybridized carbons (Fsp3) is 0.438. The zero-order valence-electron chi connectivity index (χ0n) is 12.2. The lowest BCUT2D eigenvalue weighted by Crippen LogP contribution is -2.37. The molecule has 2 heterocycles. The predicted octanol–water partition coefficient (Wildman–Crippen LogP) is 3.07. The van der Waals surface area contributed by atoms with Gasteiger partial charge in [-0.1, -0.05) is 6.07 Å². The zero-order chi connectivity index (χ0) is 15.4. The summed E-state index contributed by atoms with van der Waals surface area (Å²) in [5.74, 6) is 0.703. The molecule has 0 radical (unpaired) electrons. The van der Waals surface area contributed by atoms with E-state index >= 15 is 0 Å². The molecule has 1 saturated heterocycles. The molecule has 1 aliphatic rings. The van der Waals surface area contributed by atoms with Crippen LogP contribution in [-0.2, 0) is 6.61 Å². The van der Waals surface area contributed by atoms with Crippen molar-refractivity contribution < 1.29 is 14.2 Å². The van der Waals surface area contributed by atoms with Crippen molar-refractivity contribution in [3.05, 3.63) is 41.2 Å². The van der Waals surface area contributed by atoms with Crippen LogP contribution in [0.4, 0.5) is 9.52 Å². The average molecular weight is 322 g/mol. The van der Waals surface area contributed by atoms with Crippen LogP contribution in [-0.4, -0.2) is 29.8 Å². The number of thiazole rings is 1. The molecule has 4 nitrogen and oxygen atoms in total. The second kappa shape index (κ2) is 7.07. The Bertz CT molecular complexity index is 620. The summed E-state index contributed by atoms with van der Waals surface area (Å²) < 4.78 is 18.8. The molecule has 3 rings (SSSR count). The van der Waals surface area contributed by atoms with Gasteiger partial charge in [-0.25, -0.2) is 9.37 Å². The van der Waals surface area contributed by atoms with Crippen LogP contribution in [0.2, 0.25) is 0 Å². The highest BCUT2D eigenvalue weighted by molar-refractivity contribution is 7.13. The van der Waals surface area contributed by atoms with Crippen LogP contribution in [0.1, 0.15) is 18.5 Å². The summed E-state index contributed by atoms with van der Waals surface area (Å²) in [5, 5.41) is 12.0. The van der Waals surface area contributed by atoms with Gasteiger partial charge in [0.15, 0.2) is 5.13 Å². The molecule has 1 aliphatic heterocycles. The summed E-state index contributed by atoms with van der Waals surface area (Å²) in [4.78, 5) is 6.66. The number of hydrogen-bond donors (Lipinski definition) is 1. The number of benzene rings is 1. The monoisotopic (exact) mass is 322 g/mol. The van der Waals surface area contributed by atoms with E-state index in [-0.39, 0.29) is 12.4 Å². The van der Waals surface area contributed by atoms with Crippen LogP contribution in [0.5, 0.6) is 5.75 Å². The van der Waals surface area contributed by atoms with Gasteiger partial charge < -0.3 is 14.7 Å². The molecule has 1 aromatic heterocycles. The number of aliphatic hydroxyl groups is 1. The van der Waals surface area contributed by atoms with Crippen molar-refractivity contribution in [1.82, 2.24) is 4.98 Å². The minimum atomic E-state index is -0.276. The summed E-state index contributed by atoms with van der Waals surface area (Å²) >= 11 is 1.56. The standard InChI is InChI=1S/C16H19FN2O2S/c17-13-4-1-5-15(7-13)21-10-12-3-2-6-19(8-12)16-18-14(9-20)11-22-16/h1,4-5,7,11-12,20H,2-3,6,8-10H2. The van der Waals surface area contributed by atoms with Gasteiger partial charge in [0, 0.05) is 30.5 Å². The zero-order valence-corrected chi connectivity index (χ0v) is 13.1. The normalized spacial score (nSPS) is 18.5. The fourth-order valence-corrected chi connectivity index (χ4v) is 3.51. The first-order chi connectivity index (χ1) is 10.7. The quantitative estimate of drug-likeness (QED) is 0.919. The third-order valence-electron chi connectivity index (χ3n) is 3.77. The number of piperidine rings is 1. The van der Waals surface area contributed by atoms with E-state index < -0.39 is 0 Å². The van der Waals surface area contributed by atoms with Gasteiger partial charge in [-0.3, -0.25) is 0 Å². The second-order valence-corrected chi connectivity index (χ2v) is 6.34. The number of anilines is 1. The number of rotatable bonds is 5. The highest BCUT2D eigenvalue weighted by Crippen LogP contribution is 2.27. The number of aromatic nitrogens is 1. The lowest BCUT2D eigenvalue weighted by molar-refractivity contribution is 0.228. The fourth-order valence-electron chi connectivity index (χ4n) is 2.66. The number of halogens is 1. The van der Waals surface area contributed by atoms with Crippen LogP contribution in [0.15, 0.2) is 29.6 Å². The van der Waals surface area contributed by atoms with Gasteiger partial charge in [0.2, 0.25) is 0 Å². The van der Waals surface area contributed by atoms with Crippen LogP contribution in [0, 0.1) is 11.7 Å². The van der Waals surface area contributed by atoms with Crippen molar-refractivity contribution in [1.29, 1.82) is 0 Å². The van der Waals surface area contributed by atoms with Crippen molar-refractivity contribution in [3.8, 4) is 5.75 Å². The number of nitrogens with zero attached hydrogens (tertiary/aromatic N) is 2. The van der Waals surface area contributed by atoms with Crippen LogP contribution in [0.25, 0.3) is 0 Å². The molecule has 1 aromatic carbocycles. The third-order valence-corrected chi connectivity index (χ3v) is 4.72. The number of hydrogen-bond acceptors (Lipinski definition) is 5. The molecule has 0 amide bonds. The molecule has 118 valence electrons. The van der Waals surface area contributed by atoms with E-state index in [1.165, 1.54) is 12.1 Å². The van der Waals surface area contributed by atoms with Gasteiger partial charge in [0.05, 0.1) is 18.9 Å². The van der Waals surface area contributed by atoms with Gasteiger partial charge in [-0.05, 0) is 25.0 Å². The molecule has 2 aromatic rings. The molecule has 1 atom stereocenters. The molecule has 0 spiro atoms. The topological polar surface area (TPSA) is 45.6 Å². The van der Waals surface area contributed by atoms with Crippen molar-refractivity contribution in [3.63, 3.8) is 0 Å². The number of ether oxygens (including phenoxy) is 1. The molecule has 0 saturated carbocycles. The molecule has 1 N–H and O–H groups in total. The lowest BCUT2D eigenvalue weighted by Gasteiger charge is -2.32. The van der Waals surface area contributed by atoms with Gasteiger partial charge >= 0.3 is 0 Å². The van der Waals surface area contributed by atoms with Crippen LogP contribution in [0.3, 0.4) is 0 Å². The van der Waals surface area contributed by atoms with Crippen molar-refractivity contribution in [2.24, 2.45) is 5.92 Å². The van der Waals surface area contributed by atoms with E-state index in [9.17, 15) is 4.39 Å². The average Bonchev–Trinajstić information content (AvgIpc) is 3.02. The summed E-state index contributed by atoms with van der Waals surface area (Å²) in [7, 11) is 0. The Morgan fingerprint density at radius 2 is 2.36 bits per heavy atom. The molecular weight excluding hydrogens is 303 g/mol. The van der Waals surface area contributed by atoms with Crippen LogP contribution < -0.4 is 9.64 Å². The van der Waals surface area contributed by atoms with E-state index in [1.54, 1.807) is 23.5 Å². The SMILES string of the molecule is OCc1csc(N2CCCC(COc3cccc(F)c3)C2)n1. The summed E-state index contributed by atoms with van der Waals surface area (Å²) in [6.45, 7) is 2.43. The van der Waals surface area contributed by atoms with Crippen molar-refractivity contribution in [2.45, 2.75) is 19.4 Å². The summed E-state index contributed by atoms with van der Waals surface area (Å²) in [6.07, 6.45) is 2.19. The van der Waals surface area contributed by atoms with Crippen molar-refractivity contribution >= 4 is 16.5 Å². The molecule has 1 fully saturated rings. The van der Waals surface area contributed by atoms with E-state index in [1.807, 2.05) is 5.38 Å². The highest BCUT2D eigenvalue weighted by atomic mass is 32.1. The smallest absolute Gasteiger partial charge is 0.185 e. The van der Waals surface area contributed by atoms with E-state index in [4.69, 9.17) is 9.84 Å². The largest absolute Gasteiger partial charge is 0.493 e. The Balaban J connectivity index is 1.56. The Morgan fingerprint density at radius 3 is 3.14 bits per heavy atom. The van der Waals surface area contributed by atoms with E-state index in [0.717, 1.165) is 36.8 Å². The van der Waals surface area contributed by atoms with Gasteiger partial charge in [0.25, 0.3) is 0 Å². The maximum Gasteiger partial charge on any atom is 0.185 e. The lowest BCUT2D eigenvalue weighted by atomic mass is 9.99. The molecule has 0 bridgehead atoms. The van der Waals surface area contributed by atoms with Gasteiger partial charge in [-0.15, -0.1) is 11.3 Å². The Hall–Kier alpha value is -1.66. The molecule has 22 heavy (non-hydrogen) atoms. The van der Waals surface area contributed by atoms with E-state index in [2.05, 4.69) is 9.88 Å². The van der Waals surface area contributed by atoms with Crippen molar-refractivity contribution in [2.75, 3.05) is 24.6 Å². The molecular formula is C16H19FN2O2S. The highest BCUT2D eigenvalue weighted by Gasteiger charge is 2.22. The number of aliphatic hydroxyl groups excluding tert-OH is 1. The molecule has 6 heteroatoms. The van der Waals surface area contributed by atoms with E-state index in [0.29, 0.717) is 18.3 Å². The summed E-state index contributed by atoms with van der Waals surface area (Å²) in [5.41, 5.74) is 0.720. The van der Waals surface area contributed by atoms with Crippen LogP contribution >= 0.6 is 11.3 Å². The van der Waals surface area contributed by atoms with Gasteiger partial charge in [0.1, 0.15) is 11.6 Å². The first kappa shape index (κ1) is 15.2. The van der Waals surface area contributed by atoms with Gasteiger partial charge in [-0.2, -0.15) is 0 Å². The summed E-state index contributed by atoms with van der Waals surface area (Å²) in [6, 6.07) is 6.26. The first-order valence-electron chi connectivity index (χ1n) is 7.43. The maximum atomic E-state index is 13.1.